The van der Waals surface area contributed by atoms with Gasteiger partial charge in [0.25, 0.3) is 15.9 Å². The van der Waals surface area contributed by atoms with Crippen LogP contribution in [-0.2, 0) is 32.6 Å². The van der Waals surface area contributed by atoms with Crippen LogP contribution in [0.3, 0.4) is 0 Å². The number of ether oxygens (including phenoxy) is 1. The molecular formula is C18H18N2O5S. The molecule has 0 fully saturated rings. The van der Waals surface area contributed by atoms with Crippen LogP contribution in [-0.4, -0.2) is 27.3 Å². The Kier molecular flexibility index (Phi) is 5.06. The van der Waals surface area contributed by atoms with E-state index in [0.717, 1.165) is 11.1 Å². The van der Waals surface area contributed by atoms with Crippen LogP contribution < -0.4 is 10.0 Å². The molecule has 0 aliphatic carbocycles. The summed E-state index contributed by atoms with van der Waals surface area (Å²) in [4.78, 5) is 23.6. The number of fused-ring (bicyclic) bond motifs is 1. The van der Waals surface area contributed by atoms with Gasteiger partial charge in [0.05, 0.1) is 11.5 Å². The first-order valence-corrected chi connectivity index (χ1v) is 9.45. The minimum absolute atomic E-state index is 0.0169. The fourth-order valence-electron chi connectivity index (χ4n) is 2.69. The number of rotatable bonds is 5. The summed E-state index contributed by atoms with van der Waals surface area (Å²) in [5.41, 5.74) is 2.44. The number of aryl methyl sites for hydroxylation is 1. The lowest BCUT2D eigenvalue weighted by Gasteiger charge is -2.17. The van der Waals surface area contributed by atoms with Crippen molar-refractivity contribution in [2.45, 2.75) is 24.3 Å². The Morgan fingerprint density at radius 3 is 2.58 bits per heavy atom. The maximum absolute atomic E-state index is 12.5. The van der Waals surface area contributed by atoms with E-state index in [1.54, 1.807) is 31.4 Å². The Labute approximate surface area is 151 Å². The Morgan fingerprint density at radius 2 is 1.88 bits per heavy atom. The molecule has 0 bridgehead atoms. The first-order chi connectivity index (χ1) is 12.4. The van der Waals surface area contributed by atoms with E-state index < -0.39 is 15.9 Å². The van der Waals surface area contributed by atoms with Gasteiger partial charge in [0, 0.05) is 24.8 Å². The number of carbonyl (C=O) groups is 2. The monoisotopic (exact) mass is 374 g/mol. The molecule has 0 saturated carbocycles. The molecule has 2 amide bonds. The van der Waals surface area contributed by atoms with Crippen LogP contribution in [0.15, 0.2) is 47.4 Å². The number of methoxy groups -OCH3 is 1. The van der Waals surface area contributed by atoms with Gasteiger partial charge in [0.15, 0.2) is 0 Å². The van der Waals surface area contributed by atoms with Gasteiger partial charge in [-0.1, -0.05) is 12.1 Å². The summed E-state index contributed by atoms with van der Waals surface area (Å²) in [6, 6.07) is 10.9. The second-order valence-electron chi connectivity index (χ2n) is 5.93. The van der Waals surface area contributed by atoms with Crippen molar-refractivity contribution in [1.82, 2.24) is 4.72 Å². The van der Waals surface area contributed by atoms with Crippen molar-refractivity contribution < 1.29 is 22.7 Å². The third kappa shape index (κ3) is 3.92. The zero-order valence-electron chi connectivity index (χ0n) is 14.1. The molecule has 0 aromatic heterocycles. The molecule has 8 heteroatoms. The van der Waals surface area contributed by atoms with Crippen molar-refractivity contribution in [3.8, 4) is 0 Å². The first-order valence-electron chi connectivity index (χ1n) is 7.97. The van der Waals surface area contributed by atoms with Crippen molar-refractivity contribution in [3.63, 3.8) is 0 Å². The van der Waals surface area contributed by atoms with Crippen LogP contribution in [0.2, 0.25) is 0 Å². The van der Waals surface area contributed by atoms with Crippen LogP contribution in [0.4, 0.5) is 5.69 Å². The van der Waals surface area contributed by atoms with Gasteiger partial charge in [0.2, 0.25) is 5.91 Å². The van der Waals surface area contributed by atoms with E-state index in [2.05, 4.69) is 10.0 Å². The summed E-state index contributed by atoms with van der Waals surface area (Å²) in [7, 11) is -2.45. The smallest absolute Gasteiger partial charge is 0.264 e. The van der Waals surface area contributed by atoms with E-state index in [4.69, 9.17) is 4.74 Å². The van der Waals surface area contributed by atoms with Gasteiger partial charge in [-0.15, -0.1) is 0 Å². The Hall–Kier alpha value is -2.71. The second-order valence-corrected chi connectivity index (χ2v) is 7.61. The van der Waals surface area contributed by atoms with E-state index in [1.165, 1.54) is 18.2 Å². The van der Waals surface area contributed by atoms with Gasteiger partial charge in [-0.05, 0) is 47.9 Å². The molecule has 0 atom stereocenters. The summed E-state index contributed by atoms with van der Waals surface area (Å²) >= 11 is 0. The van der Waals surface area contributed by atoms with E-state index >= 15 is 0 Å². The number of anilines is 1. The van der Waals surface area contributed by atoms with E-state index in [-0.39, 0.29) is 16.4 Å². The summed E-state index contributed by atoms with van der Waals surface area (Å²) in [5.74, 6) is -0.807. The lowest BCUT2D eigenvalue weighted by molar-refractivity contribution is -0.116. The fourth-order valence-corrected chi connectivity index (χ4v) is 3.71. The summed E-state index contributed by atoms with van der Waals surface area (Å²) in [6.45, 7) is 0.409. The second kappa shape index (κ2) is 7.27. The van der Waals surface area contributed by atoms with Crippen LogP contribution in [0.1, 0.15) is 27.9 Å². The number of nitrogens with one attached hydrogen (secondary N) is 2. The molecule has 0 spiro atoms. The zero-order valence-corrected chi connectivity index (χ0v) is 14.9. The van der Waals surface area contributed by atoms with Gasteiger partial charge in [0.1, 0.15) is 0 Å². The molecule has 2 aromatic rings. The average Bonchev–Trinajstić information content (AvgIpc) is 2.61. The maximum Gasteiger partial charge on any atom is 0.264 e. The molecule has 0 radical (unpaired) electrons. The molecule has 3 rings (SSSR count). The molecule has 7 nitrogen and oxygen atoms in total. The fraction of sp³-hybridized carbons (Fsp3) is 0.222. The molecule has 136 valence electrons. The van der Waals surface area contributed by atoms with Crippen molar-refractivity contribution in [2.24, 2.45) is 0 Å². The lowest BCUT2D eigenvalue weighted by Crippen LogP contribution is -2.31. The lowest BCUT2D eigenvalue weighted by atomic mass is 10.0. The highest BCUT2D eigenvalue weighted by Crippen LogP contribution is 2.25. The normalized spacial score (nSPS) is 13.7. The third-order valence-electron chi connectivity index (χ3n) is 4.04. The zero-order chi connectivity index (χ0) is 18.7. The van der Waals surface area contributed by atoms with E-state index in [0.29, 0.717) is 25.1 Å². The number of amides is 2. The molecule has 0 saturated heterocycles. The summed E-state index contributed by atoms with van der Waals surface area (Å²) < 4.78 is 32.1. The number of sulfonamides is 1. The van der Waals surface area contributed by atoms with Crippen LogP contribution >= 0.6 is 0 Å². The van der Waals surface area contributed by atoms with Crippen molar-refractivity contribution in [2.75, 3.05) is 12.4 Å². The number of carbonyl (C=O) groups excluding carboxylic acids is 2. The Morgan fingerprint density at radius 1 is 1.15 bits per heavy atom. The Balaban J connectivity index is 1.78. The summed E-state index contributed by atoms with van der Waals surface area (Å²) in [5, 5.41) is 2.69. The topological polar surface area (TPSA) is 102 Å². The highest BCUT2D eigenvalue weighted by Gasteiger charge is 2.22. The number of hydrogen-bond acceptors (Lipinski definition) is 5. The molecule has 2 N–H and O–H groups in total. The standard InChI is InChI=1S/C18H18N2O5S/c1-25-11-12-2-4-13(5-3-12)18(22)20-26(23,24)15-7-8-16-14(10-15)6-9-17(21)19-16/h2-5,7-8,10H,6,9,11H2,1H3,(H,19,21)(H,20,22). The van der Waals surface area contributed by atoms with Crippen LogP contribution in [0.5, 0.6) is 0 Å². The first kappa shape index (κ1) is 18.1. The quantitative estimate of drug-likeness (QED) is 0.831. The predicted molar refractivity (Wildman–Crippen MR) is 95.2 cm³/mol. The molecule has 26 heavy (non-hydrogen) atoms. The van der Waals surface area contributed by atoms with Gasteiger partial charge in [-0.3, -0.25) is 9.59 Å². The molecular weight excluding hydrogens is 356 g/mol. The molecule has 1 aliphatic rings. The molecule has 2 aromatic carbocycles. The van der Waals surface area contributed by atoms with Gasteiger partial charge >= 0.3 is 0 Å². The van der Waals surface area contributed by atoms with Gasteiger partial charge in [-0.25, -0.2) is 13.1 Å². The SMILES string of the molecule is COCc1ccc(C(=O)NS(=O)(=O)c2ccc3c(c2)CCC(=O)N3)cc1. The third-order valence-corrected chi connectivity index (χ3v) is 5.37. The Bertz CT molecular complexity index is 952. The molecule has 1 heterocycles. The van der Waals surface area contributed by atoms with E-state index in [1.807, 2.05) is 0 Å². The highest BCUT2D eigenvalue weighted by molar-refractivity contribution is 7.90. The highest BCUT2D eigenvalue weighted by atomic mass is 32.2. The average molecular weight is 374 g/mol. The number of hydrogen-bond donors (Lipinski definition) is 2. The van der Waals surface area contributed by atoms with Gasteiger partial charge < -0.3 is 10.1 Å². The van der Waals surface area contributed by atoms with Crippen LogP contribution in [0, 0.1) is 0 Å². The largest absolute Gasteiger partial charge is 0.380 e. The van der Waals surface area contributed by atoms with Crippen LogP contribution in [0.25, 0.3) is 0 Å². The maximum atomic E-state index is 12.5. The summed E-state index contributed by atoms with van der Waals surface area (Å²) in [6.07, 6.45) is 0.760. The van der Waals surface area contributed by atoms with E-state index in [9.17, 15) is 18.0 Å². The minimum Gasteiger partial charge on any atom is -0.380 e. The minimum atomic E-state index is -4.01. The van der Waals surface area contributed by atoms with Crippen molar-refractivity contribution in [1.29, 1.82) is 0 Å². The predicted octanol–water partition coefficient (Wildman–Crippen LogP) is 1.84. The van der Waals surface area contributed by atoms with Gasteiger partial charge in [-0.2, -0.15) is 0 Å². The molecule has 0 unspecified atom stereocenters. The number of benzene rings is 2. The molecule has 1 aliphatic heterocycles. The van der Waals surface area contributed by atoms with Crippen molar-refractivity contribution >= 4 is 27.5 Å². The van der Waals surface area contributed by atoms with Crippen molar-refractivity contribution in [3.05, 3.63) is 59.2 Å².